The van der Waals surface area contributed by atoms with E-state index in [1.54, 1.807) is 6.07 Å². The van der Waals surface area contributed by atoms with Gasteiger partial charge >= 0.3 is 12.0 Å². The second-order valence-electron chi connectivity index (χ2n) is 7.26. The number of halogens is 1. The number of carbonyl (C=O) groups excluding carboxylic acids is 1. The highest BCUT2D eigenvalue weighted by molar-refractivity contribution is 6.30. The lowest BCUT2D eigenvalue weighted by atomic mass is 10.2. The molecule has 2 aromatic carbocycles. The number of hydrogen-bond donors (Lipinski definition) is 3. The average Bonchev–Trinajstić information content (AvgIpc) is 2.77. The van der Waals surface area contributed by atoms with Crippen molar-refractivity contribution >= 4 is 35.0 Å². The number of amides is 2. The number of methoxy groups -OCH3 is 1. The third kappa shape index (κ3) is 6.50. The Labute approximate surface area is 186 Å². The molecule has 0 atom stereocenters. The van der Waals surface area contributed by atoms with E-state index in [0.29, 0.717) is 12.2 Å². The minimum Gasteiger partial charge on any atom is -0.496 e. The molecule has 0 bridgehead atoms. The van der Waals surface area contributed by atoms with Gasteiger partial charge < -0.3 is 25.4 Å². The molecule has 1 aliphatic rings. The second kappa shape index (κ2) is 10.9. The number of piperazine rings is 1. The summed E-state index contributed by atoms with van der Waals surface area (Å²) in [6.07, 6.45) is 0.831. The second-order valence-corrected chi connectivity index (χ2v) is 7.70. The summed E-state index contributed by atoms with van der Waals surface area (Å²) < 4.78 is 5.02. The molecule has 0 aliphatic carbocycles. The van der Waals surface area contributed by atoms with Crippen LogP contribution in [-0.2, 0) is 0 Å². The number of hydrogen-bond acceptors (Lipinski definition) is 5. The fraction of sp³-hybridized carbons (Fsp3) is 0.364. The van der Waals surface area contributed by atoms with Gasteiger partial charge in [-0.1, -0.05) is 11.6 Å². The van der Waals surface area contributed by atoms with Gasteiger partial charge in [-0.05, 0) is 55.4 Å². The first-order chi connectivity index (χ1) is 15.0. The fourth-order valence-electron chi connectivity index (χ4n) is 3.51. The van der Waals surface area contributed by atoms with Gasteiger partial charge in [0.05, 0.1) is 7.11 Å². The van der Waals surface area contributed by atoms with Crippen LogP contribution in [0.5, 0.6) is 5.75 Å². The number of anilines is 2. The lowest BCUT2D eigenvalue weighted by Crippen LogP contribution is -2.47. The molecular formula is C22H27ClN4O4. The summed E-state index contributed by atoms with van der Waals surface area (Å²) in [6, 6.07) is 12.0. The summed E-state index contributed by atoms with van der Waals surface area (Å²) in [5, 5.41) is 15.4. The number of urea groups is 1. The van der Waals surface area contributed by atoms with Gasteiger partial charge in [-0.25, -0.2) is 9.59 Å². The number of ether oxygens (including phenoxy) is 1. The molecule has 0 aromatic heterocycles. The first-order valence-corrected chi connectivity index (χ1v) is 10.5. The number of benzene rings is 2. The van der Waals surface area contributed by atoms with E-state index in [1.165, 1.54) is 24.9 Å². The minimum atomic E-state index is -1.11. The Bertz CT molecular complexity index is 899. The van der Waals surface area contributed by atoms with Gasteiger partial charge in [0.25, 0.3) is 0 Å². The summed E-state index contributed by atoms with van der Waals surface area (Å²) in [4.78, 5) is 28.1. The smallest absolute Gasteiger partial charge is 0.339 e. The van der Waals surface area contributed by atoms with Gasteiger partial charge in [-0.15, -0.1) is 0 Å². The maximum absolute atomic E-state index is 12.1. The molecule has 3 N–H and O–H groups in total. The van der Waals surface area contributed by atoms with Gasteiger partial charge in [0.1, 0.15) is 11.3 Å². The number of aromatic carboxylic acids is 1. The zero-order valence-electron chi connectivity index (χ0n) is 17.4. The maximum Gasteiger partial charge on any atom is 0.339 e. The summed E-state index contributed by atoms with van der Waals surface area (Å²) in [5.41, 5.74) is 1.58. The highest BCUT2D eigenvalue weighted by atomic mass is 35.5. The van der Waals surface area contributed by atoms with Gasteiger partial charge in [-0.3, -0.25) is 4.90 Å². The number of nitrogens with one attached hydrogen (secondary N) is 2. The average molecular weight is 447 g/mol. The van der Waals surface area contributed by atoms with E-state index in [4.69, 9.17) is 16.3 Å². The molecule has 1 saturated heterocycles. The van der Waals surface area contributed by atoms with E-state index in [2.05, 4.69) is 20.4 Å². The fourth-order valence-corrected chi connectivity index (χ4v) is 3.64. The zero-order valence-corrected chi connectivity index (χ0v) is 18.2. The predicted molar refractivity (Wildman–Crippen MR) is 122 cm³/mol. The van der Waals surface area contributed by atoms with Crippen LogP contribution < -0.4 is 20.3 Å². The van der Waals surface area contributed by atoms with Crippen LogP contribution in [0.3, 0.4) is 0 Å². The Hall–Kier alpha value is -2.97. The van der Waals surface area contributed by atoms with E-state index in [-0.39, 0.29) is 17.3 Å². The zero-order chi connectivity index (χ0) is 22.2. The van der Waals surface area contributed by atoms with Crippen molar-refractivity contribution in [2.45, 2.75) is 6.42 Å². The van der Waals surface area contributed by atoms with Crippen molar-refractivity contribution in [3.05, 3.63) is 53.1 Å². The molecule has 0 saturated carbocycles. The number of carbonyl (C=O) groups is 2. The van der Waals surface area contributed by atoms with E-state index in [9.17, 15) is 14.7 Å². The molecule has 9 heteroatoms. The van der Waals surface area contributed by atoms with Crippen LogP contribution >= 0.6 is 11.6 Å². The van der Waals surface area contributed by atoms with Crippen molar-refractivity contribution in [1.29, 1.82) is 0 Å². The Morgan fingerprint density at radius 1 is 1.10 bits per heavy atom. The van der Waals surface area contributed by atoms with E-state index < -0.39 is 5.97 Å². The van der Waals surface area contributed by atoms with Crippen LogP contribution in [0.4, 0.5) is 16.2 Å². The first-order valence-electron chi connectivity index (χ1n) is 10.2. The number of carboxylic acids is 1. The normalized spacial score (nSPS) is 14.2. The molecule has 1 fully saturated rings. The van der Waals surface area contributed by atoms with Gasteiger partial charge in [0.15, 0.2) is 0 Å². The Morgan fingerprint density at radius 2 is 1.81 bits per heavy atom. The number of carboxylic acid groups (broad SMARTS) is 1. The van der Waals surface area contributed by atoms with Crippen molar-refractivity contribution in [2.24, 2.45) is 0 Å². The van der Waals surface area contributed by atoms with Crippen LogP contribution in [0.2, 0.25) is 5.02 Å². The third-order valence-corrected chi connectivity index (χ3v) is 5.44. The van der Waals surface area contributed by atoms with Gasteiger partial charge in [-0.2, -0.15) is 0 Å². The molecule has 166 valence electrons. The van der Waals surface area contributed by atoms with Crippen LogP contribution in [0.15, 0.2) is 42.5 Å². The summed E-state index contributed by atoms with van der Waals surface area (Å²) in [7, 11) is 1.40. The van der Waals surface area contributed by atoms with Crippen LogP contribution in [0, 0.1) is 0 Å². The quantitative estimate of drug-likeness (QED) is 0.538. The lowest BCUT2D eigenvalue weighted by molar-refractivity contribution is 0.0693. The van der Waals surface area contributed by atoms with Crippen LogP contribution in [-0.4, -0.2) is 68.4 Å². The van der Waals surface area contributed by atoms with E-state index >= 15 is 0 Å². The summed E-state index contributed by atoms with van der Waals surface area (Å²) in [5.74, 6) is -0.869. The van der Waals surface area contributed by atoms with Crippen LogP contribution in [0.25, 0.3) is 0 Å². The SMILES string of the molecule is COc1ccc(NC(=O)NCCCN2CCN(c3ccc(Cl)cc3)CC2)cc1C(=O)O. The largest absolute Gasteiger partial charge is 0.496 e. The standard InChI is InChI=1S/C22H27ClN4O4/c1-31-20-8-5-17(15-19(20)21(28)29)25-22(30)24-9-2-10-26-11-13-27(14-12-26)18-6-3-16(23)4-7-18/h3-8,15H,2,9-14H2,1H3,(H,28,29)(H2,24,25,30). The van der Waals surface area contributed by atoms with E-state index in [1.807, 2.05) is 24.3 Å². The summed E-state index contributed by atoms with van der Waals surface area (Å²) in [6.45, 7) is 5.29. The highest BCUT2D eigenvalue weighted by Gasteiger charge is 2.17. The van der Waals surface area contributed by atoms with Crippen molar-refractivity contribution in [2.75, 3.05) is 56.6 Å². The van der Waals surface area contributed by atoms with Gasteiger partial charge in [0, 0.05) is 49.1 Å². The molecule has 2 aromatic rings. The van der Waals surface area contributed by atoms with Crippen molar-refractivity contribution in [3.8, 4) is 5.75 Å². The molecule has 31 heavy (non-hydrogen) atoms. The maximum atomic E-state index is 12.1. The number of rotatable bonds is 8. The molecule has 0 unspecified atom stereocenters. The predicted octanol–water partition coefficient (Wildman–Crippen LogP) is 3.38. The Balaban J connectivity index is 1.36. The summed E-state index contributed by atoms with van der Waals surface area (Å²) >= 11 is 5.95. The Kier molecular flexibility index (Phi) is 7.97. The molecule has 2 amide bonds. The lowest BCUT2D eigenvalue weighted by Gasteiger charge is -2.36. The first kappa shape index (κ1) is 22.7. The van der Waals surface area contributed by atoms with Crippen molar-refractivity contribution in [3.63, 3.8) is 0 Å². The molecule has 8 nitrogen and oxygen atoms in total. The Morgan fingerprint density at radius 3 is 2.45 bits per heavy atom. The number of nitrogens with zero attached hydrogens (tertiary/aromatic N) is 2. The highest BCUT2D eigenvalue weighted by Crippen LogP contribution is 2.22. The van der Waals surface area contributed by atoms with Crippen LogP contribution in [0.1, 0.15) is 16.8 Å². The monoisotopic (exact) mass is 446 g/mol. The molecule has 3 rings (SSSR count). The molecule has 0 radical (unpaired) electrons. The molecule has 1 aliphatic heterocycles. The molecule has 1 heterocycles. The van der Waals surface area contributed by atoms with E-state index in [0.717, 1.165) is 44.2 Å². The van der Waals surface area contributed by atoms with Crippen molar-refractivity contribution < 1.29 is 19.4 Å². The van der Waals surface area contributed by atoms with Crippen molar-refractivity contribution in [1.82, 2.24) is 10.2 Å². The molecule has 0 spiro atoms. The third-order valence-electron chi connectivity index (χ3n) is 5.19. The van der Waals surface area contributed by atoms with Gasteiger partial charge in [0.2, 0.25) is 0 Å². The molecular weight excluding hydrogens is 420 g/mol. The minimum absolute atomic E-state index is 0.00181. The topological polar surface area (TPSA) is 94.1 Å².